The van der Waals surface area contributed by atoms with Crippen molar-refractivity contribution in [1.82, 2.24) is 0 Å². The van der Waals surface area contributed by atoms with E-state index in [1.165, 1.54) is 0 Å². The van der Waals surface area contributed by atoms with Gasteiger partial charge >= 0.3 is 0 Å². The molecule has 3 aromatic carbocycles. The van der Waals surface area contributed by atoms with Gasteiger partial charge in [0, 0.05) is 4.91 Å². The van der Waals surface area contributed by atoms with E-state index in [4.69, 9.17) is 24.5 Å². The third-order valence-corrected chi connectivity index (χ3v) is 5.42. The Bertz CT molecular complexity index is 1010. The molecule has 0 amide bonds. The van der Waals surface area contributed by atoms with Gasteiger partial charge in [-0.05, 0) is 22.2 Å². The smallest absolute Gasteiger partial charge is 0.165 e. The van der Waals surface area contributed by atoms with Crippen LogP contribution in [0.3, 0.4) is 0 Å². The maximum absolute atomic E-state index is 9.09. The molecule has 7 nitrogen and oxygen atoms in total. The molecule has 0 unspecified atom stereocenters. The van der Waals surface area contributed by atoms with Crippen molar-refractivity contribution in [2.24, 2.45) is 5.11 Å². The highest BCUT2D eigenvalue weighted by Gasteiger charge is 2.46. The van der Waals surface area contributed by atoms with E-state index >= 15 is 0 Å². The molecular formula is C26H27N3O4. The van der Waals surface area contributed by atoms with Crippen molar-refractivity contribution in [1.29, 1.82) is 0 Å². The van der Waals surface area contributed by atoms with E-state index in [0.29, 0.717) is 19.8 Å². The lowest BCUT2D eigenvalue weighted by atomic mass is 10.1. The Balaban J connectivity index is 1.46. The SMILES string of the molecule is [N-]=[N+]=N[C@H]1O[C@H](COCc2ccccc2)[C@@H](OCc2ccccc2)[C@@H]1OCc1ccccc1. The molecule has 1 aliphatic heterocycles. The Morgan fingerprint density at radius 2 is 1.18 bits per heavy atom. The molecule has 4 rings (SSSR count). The molecule has 1 saturated heterocycles. The summed E-state index contributed by atoms with van der Waals surface area (Å²) in [6, 6.07) is 29.7. The van der Waals surface area contributed by atoms with Crippen LogP contribution in [0, 0.1) is 0 Å². The molecule has 0 N–H and O–H groups in total. The van der Waals surface area contributed by atoms with Crippen LogP contribution in [0.25, 0.3) is 10.4 Å². The minimum absolute atomic E-state index is 0.289. The largest absolute Gasteiger partial charge is 0.374 e. The van der Waals surface area contributed by atoms with E-state index in [1.807, 2.05) is 91.0 Å². The van der Waals surface area contributed by atoms with Gasteiger partial charge in [0.1, 0.15) is 18.3 Å². The van der Waals surface area contributed by atoms with Crippen LogP contribution in [0.15, 0.2) is 96.1 Å². The van der Waals surface area contributed by atoms with Gasteiger partial charge in [0.05, 0.1) is 26.4 Å². The first-order chi connectivity index (χ1) is 16.3. The summed E-state index contributed by atoms with van der Waals surface area (Å²) in [7, 11) is 0. The molecule has 0 radical (unpaired) electrons. The summed E-state index contributed by atoms with van der Waals surface area (Å²) in [6.45, 7) is 1.48. The first-order valence-electron chi connectivity index (χ1n) is 11.0. The van der Waals surface area contributed by atoms with Crippen molar-refractivity contribution in [2.45, 2.75) is 44.4 Å². The maximum Gasteiger partial charge on any atom is 0.165 e. The molecule has 0 aromatic heterocycles. The Labute approximate surface area is 193 Å². The first kappa shape index (κ1) is 23.0. The van der Waals surface area contributed by atoms with Gasteiger partial charge in [0.15, 0.2) is 6.23 Å². The number of azide groups is 1. The van der Waals surface area contributed by atoms with Crippen LogP contribution in [-0.2, 0) is 38.8 Å². The second-order valence-corrected chi connectivity index (χ2v) is 7.79. The van der Waals surface area contributed by atoms with Crippen LogP contribution < -0.4 is 0 Å². The third-order valence-electron chi connectivity index (χ3n) is 5.42. The molecule has 0 aliphatic carbocycles. The van der Waals surface area contributed by atoms with E-state index in [2.05, 4.69) is 10.0 Å². The van der Waals surface area contributed by atoms with E-state index in [0.717, 1.165) is 16.7 Å². The number of rotatable bonds is 11. The normalized spacial score (nSPS) is 22.1. The summed E-state index contributed by atoms with van der Waals surface area (Å²) < 4.78 is 24.4. The summed E-state index contributed by atoms with van der Waals surface area (Å²) in [5.41, 5.74) is 12.2. The second-order valence-electron chi connectivity index (χ2n) is 7.79. The van der Waals surface area contributed by atoms with Crippen molar-refractivity contribution in [2.75, 3.05) is 6.61 Å². The van der Waals surface area contributed by atoms with Gasteiger partial charge in [-0.2, -0.15) is 0 Å². The number of benzene rings is 3. The summed E-state index contributed by atoms with van der Waals surface area (Å²) in [6.07, 6.45) is -2.26. The fraction of sp³-hybridized carbons (Fsp3) is 0.308. The van der Waals surface area contributed by atoms with Crippen LogP contribution in [0.2, 0.25) is 0 Å². The average molecular weight is 446 g/mol. The first-order valence-corrected chi connectivity index (χ1v) is 11.0. The fourth-order valence-electron chi connectivity index (χ4n) is 3.77. The second kappa shape index (κ2) is 12.2. The van der Waals surface area contributed by atoms with Crippen LogP contribution in [0.1, 0.15) is 16.7 Å². The van der Waals surface area contributed by atoms with E-state index in [-0.39, 0.29) is 6.61 Å². The zero-order chi connectivity index (χ0) is 22.7. The Hall–Kier alpha value is -3.19. The molecule has 170 valence electrons. The standard InChI is InChI=1S/C26H27N3O4/c27-29-28-26-25(32-18-22-14-8-3-9-15-22)24(31-17-21-12-6-2-7-13-21)23(33-26)19-30-16-20-10-4-1-5-11-20/h1-15,23-26H,16-19H2/t23-,24-,25+,26+/m1/s1. The molecule has 3 aromatic rings. The lowest BCUT2D eigenvalue weighted by molar-refractivity contribution is -0.0897. The Kier molecular flexibility index (Phi) is 8.47. The van der Waals surface area contributed by atoms with E-state index in [1.54, 1.807) is 0 Å². The van der Waals surface area contributed by atoms with Crippen LogP contribution in [-0.4, -0.2) is 31.1 Å². The van der Waals surface area contributed by atoms with Crippen molar-refractivity contribution in [3.05, 3.63) is 118 Å². The lowest BCUT2D eigenvalue weighted by Crippen LogP contribution is -2.38. The van der Waals surface area contributed by atoms with Gasteiger partial charge in [-0.1, -0.05) is 96.1 Å². The highest BCUT2D eigenvalue weighted by molar-refractivity contribution is 5.15. The van der Waals surface area contributed by atoms with Gasteiger partial charge in [-0.25, -0.2) is 0 Å². The Morgan fingerprint density at radius 1 is 0.697 bits per heavy atom. The molecule has 7 heteroatoms. The average Bonchev–Trinajstić information content (AvgIpc) is 3.19. The highest BCUT2D eigenvalue weighted by Crippen LogP contribution is 2.30. The summed E-state index contributed by atoms with van der Waals surface area (Å²) in [5.74, 6) is 0. The molecule has 33 heavy (non-hydrogen) atoms. The van der Waals surface area contributed by atoms with Crippen LogP contribution in [0.4, 0.5) is 0 Å². The molecule has 0 spiro atoms. The zero-order valence-electron chi connectivity index (χ0n) is 18.3. The molecule has 0 saturated carbocycles. The summed E-state index contributed by atoms with van der Waals surface area (Å²) in [5, 5.41) is 3.84. The van der Waals surface area contributed by atoms with E-state index < -0.39 is 24.5 Å². The van der Waals surface area contributed by atoms with E-state index in [9.17, 15) is 0 Å². The summed E-state index contributed by atoms with van der Waals surface area (Å²) in [4.78, 5) is 2.96. The zero-order valence-corrected chi connectivity index (χ0v) is 18.3. The van der Waals surface area contributed by atoms with Crippen molar-refractivity contribution in [3.8, 4) is 0 Å². The predicted molar refractivity (Wildman–Crippen MR) is 124 cm³/mol. The van der Waals surface area contributed by atoms with Gasteiger partial charge in [0.25, 0.3) is 0 Å². The molecule has 0 bridgehead atoms. The minimum atomic E-state index is -0.801. The number of ether oxygens (including phenoxy) is 4. The number of hydrogen-bond acceptors (Lipinski definition) is 5. The third kappa shape index (κ3) is 6.65. The topological polar surface area (TPSA) is 85.7 Å². The number of hydrogen-bond donors (Lipinski definition) is 0. The van der Waals surface area contributed by atoms with Gasteiger partial charge in [-0.3, -0.25) is 0 Å². The minimum Gasteiger partial charge on any atom is -0.374 e. The maximum atomic E-state index is 9.09. The van der Waals surface area contributed by atoms with Crippen molar-refractivity contribution < 1.29 is 18.9 Å². The monoisotopic (exact) mass is 445 g/mol. The van der Waals surface area contributed by atoms with Gasteiger partial charge in [-0.15, -0.1) is 0 Å². The highest BCUT2D eigenvalue weighted by atomic mass is 16.6. The molecule has 1 heterocycles. The van der Waals surface area contributed by atoms with Crippen LogP contribution in [0.5, 0.6) is 0 Å². The van der Waals surface area contributed by atoms with Crippen LogP contribution >= 0.6 is 0 Å². The van der Waals surface area contributed by atoms with Gasteiger partial charge in [0.2, 0.25) is 0 Å². The quantitative estimate of drug-likeness (QED) is 0.224. The van der Waals surface area contributed by atoms with Crippen molar-refractivity contribution >= 4 is 0 Å². The Morgan fingerprint density at radius 3 is 1.70 bits per heavy atom. The molecule has 1 aliphatic rings. The molecular weight excluding hydrogens is 418 g/mol. The van der Waals surface area contributed by atoms with Crippen molar-refractivity contribution in [3.63, 3.8) is 0 Å². The predicted octanol–water partition coefficient (Wildman–Crippen LogP) is 5.41. The van der Waals surface area contributed by atoms with Gasteiger partial charge < -0.3 is 18.9 Å². The fourth-order valence-corrected chi connectivity index (χ4v) is 3.77. The molecule has 1 fully saturated rings. The number of nitrogens with zero attached hydrogens (tertiary/aromatic N) is 3. The lowest BCUT2D eigenvalue weighted by Gasteiger charge is -2.24. The molecule has 4 atom stereocenters. The summed E-state index contributed by atoms with van der Waals surface area (Å²) >= 11 is 0.